The Bertz CT molecular complexity index is 755. The number of aliphatic hydroxyl groups excluding tert-OH is 3. The molecule has 3 aliphatic rings. The minimum atomic E-state index is -0.0312. The van der Waals surface area contributed by atoms with Crippen LogP contribution in [-0.2, 0) is 0 Å². The van der Waals surface area contributed by atoms with Crippen LogP contribution in [0, 0.1) is 0 Å². The van der Waals surface area contributed by atoms with Crippen molar-refractivity contribution in [2.24, 2.45) is 0 Å². The molecule has 0 radical (unpaired) electrons. The van der Waals surface area contributed by atoms with Crippen molar-refractivity contribution < 1.29 is 20.4 Å². The first-order valence-corrected chi connectivity index (χ1v) is 15.1. The fourth-order valence-corrected chi connectivity index (χ4v) is 7.09. The van der Waals surface area contributed by atoms with Crippen LogP contribution < -0.4 is 0 Å². The van der Waals surface area contributed by atoms with E-state index in [0.717, 1.165) is 76.1 Å². The number of hydrogen-bond acceptors (Lipinski definition) is 7. The predicted molar refractivity (Wildman–Crippen MR) is 148 cm³/mol. The first kappa shape index (κ1) is 28.8. The van der Waals surface area contributed by atoms with E-state index >= 15 is 0 Å². The molecular formula is C30H51N3O4. The summed E-state index contributed by atoms with van der Waals surface area (Å²) in [6.45, 7) is 6.32. The van der Waals surface area contributed by atoms with Gasteiger partial charge in [-0.05, 0) is 115 Å². The highest BCUT2D eigenvalue weighted by atomic mass is 16.3. The third kappa shape index (κ3) is 7.25. The van der Waals surface area contributed by atoms with Crippen LogP contribution in [0.5, 0.6) is 5.75 Å². The molecule has 0 saturated carbocycles. The number of rotatable bonds is 12. The smallest absolute Gasteiger partial charge is 0.125 e. The van der Waals surface area contributed by atoms with Gasteiger partial charge in [-0.25, -0.2) is 0 Å². The number of phenolic OH excluding ortho intramolecular Hbond substituents is 1. The molecule has 3 saturated heterocycles. The molecule has 210 valence electrons. The molecule has 0 aromatic heterocycles. The molecule has 3 atom stereocenters. The van der Waals surface area contributed by atoms with Gasteiger partial charge in [-0.15, -0.1) is 0 Å². The Morgan fingerprint density at radius 2 is 0.838 bits per heavy atom. The summed E-state index contributed by atoms with van der Waals surface area (Å²) in [6, 6.07) is 4.42. The average molecular weight is 518 g/mol. The number of benzene rings is 1. The summed E-state index contributed by atoms with van der Waals surface area (Å²) in [5.74, 6) is 0.346. The third-order valence-electron chi connectivity index (χ3n) is 9.00. The summed E-state index contributed by atoms with van der Waals surface area (Å²) in [5.41, 5.74) is 3.00. The van der Waals surface area contributed by atoms with Gasteiger partial charge in [0.2, 0.25) is 0 Å². The van der Waals surface area contributed by atoms with E-state index in [1.165, 1.54) is 37.7 Å². The van der Waals surface area contributed by atoms with Crippen LogP contribution in [0.15, 0.2) is 12.1 Å². The first-order chi connectivity index (χ1) is 18.2. The van der Waals surface area contributed by atoms with Crippen LogP contribution >= 0.6 is 0 Å². The number of likely N-dealkylation sites (tertiary alicyclic amines) is 3. The topological polar surface area (TPSA) is 90.6 Å². The van der Waals surface area contributed by atoms with E-state index in [0.29, 0.717) is 25.0 Å². The van der Waals surface area contributed by atoms with Crippen molar-refractivity contribution in [3.05, 3.63) is 28.8 Å². The second-order valence-corrected chi connectivity index (χ2v) is 11.4. The Balaban J connectivity index is 1.81. The maximum absolute atomic E-state index is 11.9. The van der Waals surface area contributed by atoms with Crippen molar-refractivity contribution in [3.63, 3.8) is 0 Å². The number of hydrogen-bond donors (Lipinski definition) is 4. The molecule has 3 heterocycles. The number of piperidine rings is 3. The predicted octanol–water partition coefficient (Wildman–Crippen LogP) is 4.12. The fraction of sp³-hybridized carbons (Fsp3) is 0.800. The Morgan fingerprint density at radius 3 is 1.19 bits per heavy atom. The molecular weight excluding hydrogens is 466 g/mol. The lowest BCUT2D eigenvalue weighted by atomic mass is 9.87. The van der Waals surface area contributed by atoms with Gasteiger partial charge in [0.25, 0.3) is 0 Å². The van der Waals surface area contributed by atoms with E-state index in [9.17, 15) is 20.4 Å². The molecule has 0 bridgehead atoms. The summed E-state index contributed by atoms with van der Waals surface area (Å²) < 4.78 is 0. The lowest BCUT2D eigenvalue weighted by molar-refractivity contribution is 0.122. The number of aliphatic hydroxyl groups is 3. The summed E-state index contributed by atoms with van der Waals surface area (Å²) >= 11 is 0. The number of aromatic hydroxyl groups is 1. The van der Waals surface area contributed by atoms with Crippen LogP contribution in [-0.4, -0.2) is 94.2 Å². The van der Waals surface area contributed by atoms with Gasteiger partial charge < -0.3 is 20.4 Å². The van der Waals surface area contributed by atoms with E-state index < -0.39 is 0 Å². The lowest BCUT2D eigenvalue weighted by Crippen LogP contribution is -2.37. The quantitative estimate of drug-likeness (QED) is 0.332. The molecule has 0 amide bonds. The van der Waals surface area contributed by atoms with Crippen molar-refractivity contribution >= 4 is 0 Å². The Hall–Kier alpha value is -1.22. The monoisotopic (exact) mass is 517 g/mol. The minimum Gasteiger partial charge on any atom is -0.507 e. The van der Waals surface area contributed by atoms with Gasteiger partial charge in [-0.3, -0.25) is 14.7 Å². The molecule has 7 heteroatoms. The number of phenols is 1. The molecule has 1 aromatic rings. The van der Waals surface area contributed by atoms with Gasteiger partial charge in [0.05, 0.1) is 0 Å². The average Bonchev–Trinajstić information content (AvgIpc) is 2.95. The van der Waals surface area contributed by atoms with E-state index in [2.05, 4.69) is 26.8 Å². The highest BCUT2D eigenvalue weighted by Gasteiger charge is 2.32. The van der Waals surface area contributed by atoms with Gasteiger partial charge in [0.1, 0.15) is 5.75 Å². The van der Waals surface area contributed by atoms with Crippen LogP contribution in [0.2, 0.25) is 0 Å². The second-order valence-electron chi connectivity index (χ2n) is 11.4. The summed E-state index contributed by atoms with van der Waals surface area (Å²) in [7, 11) is 0. The summed E-state index contributed by atoms with van der Waals surface area (Å²) in [4.78, 5) is 7.42. The zero-order valence-corrected chi connectivity index (χ0v) is 22.9. The van der Waals surface area contributed by atoms with Crippen LogP contribution in [0.25, 0.3) is 0 Å². The molecule has 1 aromatic carbocycles. The van der Waals surface area contributed by atoms with E-state index in [-0.39, 0.29) is 37.9 Å². The molecule has 3 fully saturated rings. The summed E-state index contributed by atoms with van der Waals surface area (Å²) in [6.07, 6.45) is 12.6. The van der Waals surface area contributed by atoms with Gasteiger partial charge in [-0.1, -0.05) is 19.3 Å². The van der Waals surface area contributed by atoms with Crippen molar-refractivity contribution in [1.82, 2.24) is 14.7 Å². The molecule has 0 spiro atoms. The number of nitrogens with zero attached hydrogens (tertiary/aromatic N) is 3. The van der Waals surface area contributed by atoms with Crippen molar-refractivity contribution in [2.45, 2.75) is 95.2 Å². The van der Waals surface area contributed by atoms with Gasteiger partial charge in [0, 0.05) is 49.1 Å². The first-order valence-electron chi connectivity index (χ1n) is 15.1. The fourth-order valence-electron chi connectivity index (χ4n) is 7.09. The normalized spacial score (nSPS) is 23.1. The zero-order valence-electron chi connectivity index (χ0n) is 22.9. The van der Waals surface area contributed by atoms with Gasteiger partial charge in [-0.2, -0.15) is 0 Å². The maximum Gasteiger partial charge on any atom is 0.125 e. The van der Waals surface area contributed by atoms with Crippen LogP contribution in [0.4, 0.5) is 0 Å². The largest absolute Gasteiger partial charge is 0.507 e. The van der Waals surface area contributed by atoms with Gasteiger partial charge >= 0.3 is 0 Å². The molecule has 7 nitrogen and oxygen atoms in total. The molecule has 4 N–H and O–H groups in total. The van der Waals surface area contributed by atoms with Crippen molar-refractivity contribution in [3.8, 4) is 5.75 Å². The van der Waals surface area contributed by atoms with E-state index in [4.69, 9.17) is 0 Å². The SMILES string of the molecule is OCCC(c1cc(C(CCO)N2CCCCC2)c(O)c(C(CCO)N2CCCCC2)c1)N1CCCCC1. The van der Waals surface area contributed by atoms with Crippen LogP contribution in [0.3, 0.4) is 0 Å². The Kier molecular flexibility index (Phi) is 11.5. The minimum absolute atomic E-state index is 0.0312. The molecule has 3 aliphatic heterocycles. The van der Waals surface area contributed by atoms with Crippen molar-refractivity contribution in [2.75, 3.05) is 59.1 Å². The standard InChI is InChI=1S/C30H51N3O4/c34-19-10-27(31-13-4-1-5-14-31)24-22-25(28(11-20-35)32-15-6-2-7-16-32)30(37)26(23-24)29(12-21-36)33-17-8-3-9-18-33/h22-23,27-29,34-37H,1-21H2. The van der Waals surface area contributed by atoms with E-state index in [1.54, 1.807) is 0 Å². The third-order valence-corrected chi connectivity index (χ3v) is 9.00. The molecule has 4 rings (SSSR count). The zero-order chi connectivity index (χ0) is 26.0. The Morgan fingerprint density at radius 1 is 0.514 bits per heavy atom. The Labute approximate surface area is 224 Å². The highest BCUT2D eigenvalue weighted by molar-refractivity contribution is 5.48. The molecule has 3 unspecified atom stereocenters. The molecule has 0 aliphatic carbocycles. The van der Waals surface area contributed by atoms with Crippen molar-refractivity contribution in [1.29, 1.82) is 0 Å². The maximum atomic E-state index is 11.9. The van der Waals surface area contributed by atoms with Gasteiger partial charge in [0.15, 0.2) is 0 Å². The van der Waals surface area contributed by atoms with Crippen LogP contribution in [0.1, 0.15) is 112 Å². The highest BCUT2D eigenvalue weighted by Crippen LogP contribution is 2.43. The van der Waals surface area contributed by atoms with E-state index in [1.807, 2.05) is 0 Å². The lowest BCUT2D eigenvalue weighted by Gasteiger charge is -2.39. The second kappa shape index (κ2) is 14.8. The summed E-state index contributed by atoms with van der Waals surface area (Å²) in [5, 5.41) is 42.1. The molecule has 37 heavy (non-hydrogen) atoms.